The molecule has 0 saturated heterocycles. The Hall–Kier alpha value is -3.03. The summed E-state index contributed by atoms with van der Waals surface area (Å²) in [6.45, 7) is 0. The van der Waals surface area contributed by atoms with Gasteiger partial charge in [0.15, 0.2) is 11.4 Å². The van der Waals surface area contributed by atoms with Crippen LogP contribution in [0.1, 0.15) is 29.7 Å². The molecule has 0 bridgehead atoms. The average molecular weight is 360 g/mol. The molecule has 3 aromatic rings. The van der Waals surface area contributed by atoms with Gasteiger partial charge in [0.05, 0.1) is 19.2 Å². The van der Waals surface area contributed by atoms with Gasteiger partial charge in [-0.1, -0.05) is 5.16 Å². The van der Waals surface area contributed by atoms with E-state index in [0.717, 1.165) is 23.5 Å². The molecule has 26 heavy (non-hydrogen) atoms. The number of esters is 1. The van der Waals surface area contributed by atoms with Gasteiger partial charge in [0, 0.05) is 22.6 Å². The maximum Gasteiger partial charge on any atom is 0.311 e. The first kappa shape index (κ1) is 16.4. The number of ether oxygens (including phenoxy) is 1. The standard InChI is InChI=1S/C18H17FN2O5/c1-25-16(22)8-13-11-6-14(12(19)7-15(11)26-20-13)21-17(23)9-4-2-3-5-10(9)18(21)24/h6-7,23-24H,2-5,8H2,1H3. The van der Waals surface area contributed by atoms with Crippen LogP contribution in [-0.2, 0) is 28.8 Å². The smallest absolute Gasteiger partial charge is 0.311 e. The van der Waals surface area contributed by atoms with Crippen molar-refractivity contribution in [1.82, 2.24) is 9.72 Å². The third kappa shape index (κ3) is 2.40. The molecule has 1 aromatic carbocycles. The van der Waals surface area contributed by atoms with Crippen LogP contribution in [0.3, 0.4) is 0 Å². The Morgan fingerprint density at radius 3 is 2.54 bits per heavy atom. The highest BCUT2D eigenvalue weighted by atomic mass is 19.1. The summed E-state index contributed by atoms with van der Waals surface area (Å²) in [6, 6.07) is 2.53. The van der Waals surface area contributed by atoms with Crippen LogP contribution in [-0.4, -0.2) is 33.0 Å². The van der Waals surface area contributed by atoms with Crippen LogP contribution in [0.15, 0.2) is 16.7 Å². The SMILES string of the molecule is COC(=O)Cc1noc2cc(F)c(-n3c(O)c4c(c3O)CCCC4)cc12. The lowest BCUT2D eigenvalue weighted by Crippen LogP contribution is -2.05. The Morgan fingerprint density at radius 1 is 1.27 bits per heavy atom. The molecular weight excluding hydrogens is 343 g/mol. The molecule has 2 N–H and O–H groups in total. The molecule has 4 rings (SSSR count). The highest BCUT2D eigenvalue weighted by molar-refractivity contribution is 5.86. The lowest BCUT2D eigenvalue weighted by atomic mass is 9.95. The highest BCUT2D eigenvalue weighted by Crippen LogP contribution is 2.42. The number of methoxy groups -OCH3 is 1. The molecule has 136 valence electrons. The number of carbonyl (C=O) groups is 1. The van der Waals surface area contributed by atoms with Crippen molar-refractivity contribution in [3.8, 4) is 17.4 Å². The number of carbonyl (C=O) groups excluding carboxylic acids is 1. The summed E-state index contributed by atoms with van der Waals surface area (Å²) < 4.78 is 25.4. The lowest BCUT2D eigenvalue weighted by molar-refractivity contribution is -0.139. The van der Waals surface area contributed by atoms with Crippen molar-refractivity contribution in [2.75, 3.05) is 7.11 Å². The van der Waals surface area contributed by atoms with E-state index in [4.69, 9.17) is 4.52 Å². The quantitative estimate of drug-likeness (QED) is 0.697. The van der Waals surface area contributed by atoms with Crippen LogP contribution in [0.5, 0.6) is 11.8 Å². The van der Waals surface area contributed by atoms with E-state index < -0.39 is 11.8 Å². The van der Waals surface area contributed by atoms with Gasteiger partial charge in [-0.3, -0.25) is 4.79 Å². The second-order valence-electron chi connectivity index (χ2n) is 6.33. The Balaban J connectivity index is 1.89. The van der Waals surface area contributed by atoms with E-state index in [1.54, 1.807) is 0 Å². The largest absolute Gasteiger partial charge is 0.494 e. The van der Waals surface area contributed by atoms with Crippen molar-refractivity contribution >= 4 is 16.9 Å². The molecule has 0 spiro atoms. The molecule has 1 aliphatic carbocycles. The minimum absolute atomic E-state index is 0.0313. The Morgan fingerprint density at radius 2 is 1.92 bits per heavy atom. The number of hydrogen-bond acceptors (Lipinski definition) is 6. The van der Waals surface area contributed by atoms with Gasteiger partial charge in [0.25, 0.3) is 0 Å². The van der Waals surface area contributed by atoms with E-state index in [1.807, 2.05) is 0 Å². The second kappa shape index (κ2) is 6.05. The summed E-state index contributed by atoms with van der Waals surface area (Å²) in [5.74, 6) is -1.52. The number of aromatic nitrogens is 2. The number of benzene rings is 1. The first-order chi connectivity index (χ1) is 12.5. The minimum atomic E-state index is -0.684. The molecule has 0 fully saturated rings. The molecule has 2 heterocycles. The topological polar surface area (TPSA) is 97.7 Å². The van der Waals surface area contributed by atoms with Crippen molar-refractivity contribution in [2.45, 2.75) is 32.1 Å². The van der Waals surface area contributed by atoms with E-state index in [-0.39, 0.29) is 29.5 Å². The van der Waals surface area contributed by atoms with E-state index in [9.17, 15) is 19.4 Å². The Labute approximate surface area is 147 Å². The van der Waals surface area contributed by atoms with Crippen molar-refractivity contribution in [2.24, 2.45) is 0 Å². The third-order valence-corrected chi connectivity index (χ3v) is 4.83. The molecular formula is C18H17FN2O5. The summed E-state index contributed by atoms with van der Waals surface area (Å²) in [5.41, 5.74) is 1.72. The fourth-order valence-corrected chi connectivity index (χ4v) is 3.50. The van der Waals surface area contributed by atoms with E-state index in [0.29, 0.717) is 35.0 Å². The second-order valence-corrected chi connectivity index (χ2v) is 6.33. The van der Waals surface area contributed by atoms with Crippen molar-refractivity contribution in [3.05, 3.63) is 34.8 Å². The number of fused-ring (bicyclic) bond motifs is 2. The molecule has 2 aromatic heterocycles. The van der Waals surface area contributed by atoms with Crippen molar-refractivity contribution < 1.29 is 28.7 Å². The first-order valence-corrected chi connectivity index (χ1v) is 8.30. The van der Waals surface area contributed by atoms with Crippen LogP contribution in [0.2, 0.25) is 0 Å². The minimum Gasteiger partial charge on any atom is -0.494 e. The van der Waals surface area contributed by atoms with Gasteiger partial charge in [0.2, 0.25) is 11.8 Å². The third-order valence-electron chi connectivity index (χ3n) is 4.83. The van der Waals surface area contributed by atoms with E-state index >= 15 is 0 Å². The maximum absolute atomic E-state index is 14.6. The fourth-order valence-electron chi connectivity index (χ4n) is 3.50. The number of nitrogens with zero attached hydrogens (tertiary/aromatic N) is 2. The van der Waals surface area contributed by atoms with Crippen LogP contribution in [0.4, 0.5) is 4.39 Å². The van der Waals surface area contributed by atoms with Gasteiger partial charge in [-0.25, -0.2) is 8.96 Å². The van der Waals surface area contributed by atoms with Crippen LogP contribution in [0.25, 0.3) is 16.7 Å². The highest BCUT2D eigenvalue weighted by Gasteiger charge is 2.27. The summed E-state index contributed by atoms with van der Waals surface area (Å²) in [7, 11) is 1.26. The number of rotatable bonds is 3. The Bertz CT molecular complexity index is 991. The Kier molecular flexibility index (Phi) is 3.82. The van der Waals surface area contributed by atoms with Gasteiger partial charge in [0.1, 0.15) is 5.69 Å². The normalized spacial score (nSPS) is 13.8. The molecule has 8 heteroatoms. The molecule has 0 unspecified atom stereocenters. The summed E-state index contributed by atoms with van der Waals surface area (Å²) in [4.78, 5) is 11.5. The average Bonchev–Trinajstić information content (AvgIpc) is 3.13. The van der Waals surface area contributed by atoms with E-state index in [2.05, 4.69) is 9.89 Å². The fraction of sp³-hybridized carbons (Fsp3) is 0.333. The number of aromatic hydroxyl groups is 2. The van der Waals surface area contributed by atoms with Crippen LogP contribution in [0, 0.1) is 5.82 Å². The van der Waals surface area contributed by atoms with Gasteiger partial charge < -0.3 is 19.5 Å². The molecule has 1 aliphatic rings. The molecule has 0 amide bonds. The van der Waals surface area contributed by atoms with Gasteiger partial charge in [-0.2, -0.15) is 0 Å². The summed E-state index contributed by atoms with van der Waals surface area (Å²) in [6.07, 6.45) is 2.94. The van der Waals surface area contributed by atoms with Crippen molar-refractivity contribution in [3.63, 3.8) is 0 Å². The zero-order valence-electron chi connectivity index (χ0n) is 14.1. The first-order valence-electron chi connectivity index (χ1n) is 8.30. The van der Waals surface area contributed by atoms with Crippen LogP contribution >= 0.6 is 0 Å². The molecule has 0 aliphatic heterocycles. The van der Waals surface area contributed by atoms with Crippen LogP contribution < -0.4 is 0 Å². The summed E-state index contributed by atoms with van der Waals surface area (Å²) in [5, 5.41) is 25.3. The number of hydrogen-bond donors (Lipinski definition) is 2. The lowest BCUT2D eigenvalue weighted by Gasteiger charge is -2.09. The number of halogens is 1. The zero-order chi connectivity index (χ0) is 18.4. The molecule has 0 radical (unpaired) electrons. The molecule has 7 nitrogen and oxygen atoms in total. The van der Waals surface area contributed by atoms with E-state index in [1.165, 1.54) is 13.2 Å². The van der Waals surface area contributed by atoms with Gasteiger partial charge >= 0.3 is 5.97 Å². The maximum atomic E-state index is 14.6. The molecule has 0 saturated carbocycles. The summed E-state index contributed by atoms with van der Waals surface area (Å²) >= 11 is 0. The zero-order valence-corrected chi connectivity index (χ0v) is 14.1. The molecule has 0 atom stereocenters. The predicted molar refractivity (Wildman–Crippen MR) is 89.0 cm³/mol. The monoisotopic (exact) mass is 360 g/mol. The van der Waals surface area contributed by atoms with Crippen molar-refractivity contribution in [1.29, 1.82) is 0 Å². The predicted octanol–water partition coefficient (Wildman–Crippen LogP) is 2.76. The van der Waals surface area contributed by atoms with Gasteiger partial charge in [-0.15, -0.1) is 0 Å². The van der Waals surface area contributed by atoms with Gasteiger partial charge in [-0.05, 0) is 31.7 Å².